The van der Waals surface area contributed by atoms with Crippen LogP contribution in [0.4, 0.5) is 13.2 Å². The van der Waals surface area contributed by atoms with E-state index in [0.29, 0.717) is 18.7 Å². The second kappa shape index (κ2) is 4.39. The first-order chi connectivity index (χ1) is 7.99. The summed E-state index contributed by atoms with van der Waals surface area (Å²) in [6.45, 7) is 4.18. The van der Waals surface area contributed by atoms with Crippen LogP contribution in [-0.2, 0) is 4.74 Å². The molecule has 0 aromatic heterocycles. The Morgan fingerprint density at radius 2 is 1.82 bits per heavy atom. The Morgan fingerprint density at radius 3 is 2.29 bits per heavy atom. The molecule has 0 bridgehead atoms. The minimum Gasteiger partial charge on any atom is -0.475 e. The Morgan fingerprint density at radius 1 is 1.24 bits per heavy atom. The van der Waals surface area contributed by atoms with Crippen LogP contribution in [0.5, 0.6) is 0 Å². The largest absolute Gasteiger partial charge is 0.475 e. The molecule has 0 aliphatic carbocycles. The van der Waals surface area contributed by atoms with Gasteiger partial charge in [-0.2, -0.15) is 0 Å². The first-order valence-electron chi connectivity index (χ1n) is 5.34. The fraction of sp³-hybridized carbons (Fsp3) is 0.417. The minimum absolute atomic E-state index is 0.0845. The van der Waals surface area contributed by atoms with Crippen molar-refractivity contribution in [3.05, 3.63) is 35.1 Å². The fourth-order valence-electron chi connectivity index (χ4n) is 1.61. The molecule has 17 heavy (non-hydrogen) atoms. The quantitative estimate of drug-likeness (QED) is 0.782. The number of aliphatic imine (C=N–C) groups is 1. The third-order valence-corrected chi connectivity index (χ3v) is 2.66. The lowest BCUT2D eigenvalue weighted by Crippen LogP contribution is -2.13. The van der Waals surface area contributed by atoms with Crippen LogP contribution in [-0.4, -0.2) is 18.5 Å². The van der Waals surface area contributed by atoms with Crippen LogP contribution in [0.2, 0.25) is 0 Å². The zero-order valence-electron chi connectivity index (χ0n) is 9.51. The maximum absolute atomic E-state index is 13.5. The normalized spacial score (nSPS) is 19.4. The average molecular weight is 243 g/mol. The van der Waals surface area contributed by atoms with Crippen molar-refractivity contribution in [2.45, 2.75) is 19.9 Å². The predicted octanol–water partition coefficient (Wildman–Crippen LogP) is 2.91. The van der Waals surface area contributed by atoms with E-state index in [2.05, 4.69) is 4.99 Å². The van der Waals surface area contributed by atoms with Gasteiger partial charge in [0.1, 0.15) is 29.6 Å². The van der Waals surface area contributed by atoms with Gasteiger partial charge in [-0.25, -0.2) is 18.2 Å². The van der Waals surface area contributed by atoms with Crippen LogP contribution < -0.4 is 0 Å². The summed E-state index contributed by atoms with van der Waals surface area (Å²) >= 11 is 0. The second-order valence-corrected chi connectivity index (χ2v) is 4.30. The van der Waals surface area contributed by atoms with Gasteiger partial charge in [-0.15, -0.1) is 0 Å². The van der Waals surface area contributed by atoms with E-state index in [1.165, 1.54) is 0 Å². The third kappa shape index (κ3) is 2.28. The maximum atomic E-state index is 13.5. The van der Waals surface area contributed by atoms with Crippen LogP contribution in [0, 0.1) is 23.4 Å². The summed E-state index contributed by atoms with van der Waals surface area (Å²) in [5.74, 6) is -2.81. The number of hydrogen-bond donors (Lipinski definition) is 0. The predicted molar refractivity (Wildman–Crippen MR) is 57.4 cm³/mol. The highest BCUT2D eigenvalue weighted by atomic mass is 19.1. The SMILES string of the molecule is CC(C)[C@H]1COC(c2c(F)cc(F)cc2F)=N1. The van der Waals surface area contributed by atoms with E-state index in [-0.39, 0.29) is 17.9 Å². The summed E-state index contributed by atoms with van der Waals surface area (Å²) in [6.07, 6.45) is 0. The highest BCUT2D eigenvalue weighted by molar-refractivity contribution is 5.95. The van der Waals surface area contributed by atoms with Crippen molar-refractivity contribution in [3.8, 4) is 0 Å². The van der Waals surface area contributed by atoms with Crippen LogP contribution in [0.3, 0.4) is 0 Å². The van der Waals surface area contributed by atoms with Gasteiger partial charge < -0.3 is 4.74 Å². The first kappa shape index (κ1) is 12.0. The highest BCUT2D eigenvalue weighted by Crippen LogP contribution is 2.22. The number of nitrogens with zero attached hydrogens (tertiary/aromatic N) is 1. The molecule has 1 atom stereocenters. The average Bonchev–Trinajstić information content (AvgIpc) is 2.65. The van der Waals surface area contributed by atoms with Gasteiger partial charge in [-0.3, -0.25) is 0 Å². The van der Waals surface area contributed by atoms with Gasteiger partial charge in [0.05, 0.1) is 6.04 Å². The summed E-state index contributed by atoms with van der Waals surface area (Å²) in [6, 6.07) is 1.12. The molecule has 2 nitrogen and oxygen atoms in total. The van der Waals surface area contributed by atoms with Gasteiger partial charge in [-0.1, -0.05) is 13.8 Å². The van der Waals surface area contributed by atoms with Gasteiger partial charge in [0.2, 0.25) is 5.90 Å². The van der Waals surface area contributed by atoms with E-state index >= 15 is 0 Å². The van der Waals surface area contributed by atoms with Gasteiger partial charge in [0, 0.05) is 12.1 Å². The van der Waals surface area contributed by atoms with Crippen LogP contribution in [0.1, 0.15) is 19.4 Å². The van der Waals surface area contributed by atoms with Gasteiger partial charge in [-0.05, 0) is 5.92 Å². The Bertz CT molecular complexity index is 448. The van der Waals surface area contributed by atoms with E-state index in [1.807, 2.05) is 13.8 Å². The van der Waals surface area contributed by atoms with Crippen LogP contribution >= 0.6 is 0 Å². The van der Waals surface area contributed by atoms with Crippen molar-refractivity contribution in [3.63, 3.8) is 0 Å². The molecule has 0 saturated heterocycles. The molecule has 0 unspecified atom stereocenters. The molecule has 0 amide bonds. The number of ether oxygens (including phenoxy) is 1. The van der Waals surface area contributed by atoms with Crippen molar-refractivity contribution in [2.24, 2.45) is 10.9 Å². The van der Waals surface area contributed by atoms with Crippen molar-refractivity contribution in [1.82, 2.24) is 0 Å². The Hall–Kier alpha value is -1.52. The molecule has 0 spiro atoms. The monoisotopic (exact) mass is 243 g/mol. The summed E-state index contributed by atoms with van der Waals surface area (Å²) < 4.78 is 44.8. The smallest absolute Gasteiger partial charge is 0.222 e. The lowest BCUT2D eigenvalue weighted by atomic mass is 10.1. The van der Waals surface area contributed by atoms with Crippen molar-refractivity contribution in [1.29, 1.82) is 0 Å². The molecular weight excluding hydrogens is 231 g/mol. The van der Waals surface area contributed by atoms with Crippen molar-refractivity contribution < 1.29 is 17.9 Å². The van der Waals surface area contributed by atoms with Crippen molar-refractivity contribution >= 4 is 5.90 Å². The van der Waals surface area contributed by atoms with Crippen LogP contribution in [0.15, 0.2) is 17.1 Å². The first-order valence-corrected chi connectivity index (χ1v) is 5.34. The Labute approximate surface area is 97.1 Å². The lowest BCUT2D eigenvalue weighted by Gasteiger charge is -2.06. The van der Waals surface area contributed by atoms with Gasteiger partial charge in [0.25, 0.3) is 0 Å². The molecule has 0 saturated carbocycles. The minimum atomic E-state index is -0.995. The summed E-state index contributed by atoms with van der Waals surface area (Å²) in [7, 11) is 0. The Kier molecular flexibility index (Phi) is 3.09. The third-order valence-electron chi connectivity index (χ3n) is 2.66. The lowest BCUT2D eigenvalue weighted by molar-refractivity contribution is 0.290. The standard InChI is InChI=1S/C12H12F3NO/c1-6(2)10-5-17-12(16-10)11-8(14)3-7(13)4-9(11)15/h3-4,6,10H,5H2,1-2H3/t10-/m1/s1. The molecule has 0 N–H and O–H groups in total. The second-order valence-electron chi connectivity index (χ2n) is 4.30. The molecule has 1 aliphatic rings. The Balaban J connectivity index is 2.39. The molecule has 1 aromatic rings. The van der Waals surface area contributed by atoms with Crippen molar-refractivity contribution in [2.75, 3.05) is 6.61 Å². The van der Waals surface area contributed by atoms with E-state index in [1.54, 1.807) is 0 Å². The summed E-state index contributed by atoms with van der Waals surface area (Å²) in [5, 5.41) is 0. The molecule has 1 heterocycles. The number of hydrogen-bond acceptors (Lipinski definition) is 2. The zero-order valence-corrected chi connectivity index (χ0v) is 9.51. The molecule has 5 heteroatoms. The number of rotatable bonds is 2. The summed E-state index contributed by atoms with van der Waals surface area (Å²) in [4.78, 5) is 4.10. The summed E-state index contributed by atoms with van der Waals surface area (Å²) in [5.41, 5.74) is -0.394. The van der Waals surface area contributed by atoms with E-state index in [4.69, 9.17) is 4.74 Å². The molecule has 0 fully saturated rings. The fourth-order valence-corrected chi connectivity index (χ4v) is 1.61. The van der Waals surface area contributed by atoms with E-state index in [0.717, 1.165) is 0 Å². The van der Waals surface area contributed by atoms with Gasteiger partial charge in [0.15, 0.2) is 0 Å². The molecule has 0 radical (unpaired) electrons. The van der Waals surface area contributed by atoms with Crippen LogP contribution in [0.25, 0.3) is 0 Å². The molecular formula is C12H12F3NO. The number of halogens is 3. The molecule has 1 aromatic carbocycles. The molecule has 92 valence electrons. The van der Waals surface area contributed by atoms with E-state index < -0.39 is 23.0 Å². The van der Waals surface area contributed by atoms with E-state index in [9.17, 15) is 13.2 Å². The molecule has 1 aliphatic heterocycles. The highest BCUT2D eigenvalue weighted by Gasteiger charge is 2.27. The molecule has 2 rings (SSSR count). The van der Waals surface area contributed by atoms with Gasteiger partial charge >= 0.3 is 0 Å². The zero-order chi connectivity index (χ0) is 12.6. The number of benzene rings is 1. The maximum Gasteiger partial charge on any atom is 0.222 e. The topological polar surface area (TPSA) is 21.6 Å².